The van der Waals surface area contributed by atoms with Crippen LogP contribution in [0.4, 0.5) is 0 Å². The number of para-hydroxylation sites is 1. The van der Waals surface area contributed by atoms with Gasteiger partial charge in [0.25, 0.3) is 0 Å². The molecule has 0 aliphatic heterocycles. The van der Waals surface area contributed by atoms with Gasteiger partial charge in [-0.05, 0) is 37.0 Å². The van der Waals surface area contributed by atoms with Crippen molar-refractivity contribution >= 4 is 16.8 Å². The number of H-pyrrole nitrogens is 1. The summed E-state index contributed by atoms with van der Waals surface area (Å²) in [6.45, 7) is 2.68. The first-order valence-electron chi connectivity index (χ1n) is 10.9. The van der Waals surface area contributed by atoms with Crippen LogP contribution in [-0.2, 0) is 4.79 Å². The van der Waals surface area contributed by atoms with E-state index in [9.17, 15) is 4.79 Å². The van der Waals surface area contributed by atoms with E-state index in [2.05, 4.69) is 70.3 Å². The number of carbonyl (C=O) groups excluding carboxylic acids is 1. The highest BCUT2D eigenvalue weighted by Gasteiger charge is 2.22. The van der Waals surface area contributed by atoms with E-state index in [-0.39, 0.29) is 17.9 Å². The van der Waals surface area contributed by atoms with Crippen LogP contribution in [0.1, 0.15) is 56.1 Å². The minimum Gasteiger partial charge on any atom is -0.361 e. The Morgan fingerprint density at radius 2 is 1.76 bits per heavy atom. The molecule has 0 bridgehead atoms. The fraction of sp³-hybridized carbons (Fsp3) is 0.400. The van der Waals surface area contributed by atoms with Crippen molar-refractivity contribution in [1.29, 1.82) is 0 Å². The molecule has 1 amide bonds. The van der Waals surface area contributed by atoms with Crippen LogP contribution < -0.4 is 10.6 Å². The van der Waals surface area contributed by atoms with Gasteiger partial charge >= 0.3 is 0 Å². The van der Waals surface area contributed by atoms with Crippen molar-refractivity contribution in [2.75, 3.05) is 6.54 Å². The van der Waals surface area contributed by atoms with Crippen LogP contribution in [0.5, 0.6) is 0 Å². The normalized spacial score (nSPS) is 17.1. The average Bonchev–Trinajstić information content (AvgIpc) is 3.19. The maximum absolute atomic E-state index is 12.7. The predicted octanol–water partition coefficient (Wildman–Crippen LogP) is 4.73. The topological polar surface area (TPSA) is 56.9 Å². The molecule has 2 aromatic carbocycles. The van der Waals surface area contributed by atoms with Gasteiger partial charge in [0, 0.05) is 35.6 Å². The van der Waals surface area contributed by atoms with Crippen molar-refractivity contribution in [1.82, 2.24) is 15.6 Å². The Morgan fingerprint density at radius 3 is 2.55 bits per heavy atom. The minimum atomic E-state index is -0.214. The largest absolute Gasteiger partial charge is 0.361 e. The molecule has 4 nitrogen and oxygen atoms in total. The van der Waals surface area contributed by atoms with E-state index in [1.807, 2.05) is 13.0 Å². The lowest BCUT2D eigenvalue weighted by Gasteiger charge is -2.26. The minimum absolute atomic E-state index is 0.114. The van der Waals surface area contributed by atoms with Crippen LogP contribution in [0.15, 0.2) is 60.8 Å². The SMILES string of the molecule is C[C@H](NC[C@@H](c1ccccc1)c1c[nH]c2ccccc12)C(=O)NC1CCCCC1. The van der Waals surface area contributed by atoms with E-state index in [0.29, 0.717) is 12.6 Å². The third-order valence-corrected chi connectivity index (χ3v) is 6.17. The number of fused-ring (bicyclic) bond motifs is 1. The highest BCUT2D eigenvalue weighted by atomic mass is 16.2. The summed E-state index contributed by atoms with van der Waals surface area (Å²) in [6, 6.07) is 19.1. The zero-order chi connectivity index (χ0) is 20.1. The number of rotatable bonds is 7. The number of nitrogens with one attached hydrogen (secondary N) is 3. The number of carbonyl (C=O) groups is 1. The van der Waals surface area contributed by atoms with E-state index < -0.39 is 0 Å². The molecule has 1 aromatic heterocycles. The maximum atomic E-state index is 12.7. The van der Waals surface area contributed by atoms with Crippen molar-refractivity contribution in [3.05, 3.63) is 71.9 Å². The molecule has 1 heterocycles. The molecule has 1 aliphatic carbocycles. The Kier molecular flexibility index (Phi) is 6.30. The summed E-state index contributed by atoms with van der Waals surface area (Å²) < 4.78 is 0. The molecule has 3 aromatic rings. The molecule has 152 valence electrons. The van der Waals surface area contributed by atoms with Gasteiger partial charge in [0.2, 0.25) is 5.91 Å². The van der Waals surface area contributed by atoms with E-state index in [1.54, 1.807) is 0 Å². The van der Waals surface area contributed by atoms with Gasteiger partial charge in [-0.15, -0.1) is 0 Å². The summed E-state index contributed by atoms with van der Waals surface area (Å²) >= 11 is 0. The Hall–Kier alpha value is -2.59. The van der Waals surface area contributed by atoms with E-state index in [1.165, 1.54) is 35.8 Å². The van der Waals surface area contributed by atoms with Gasteiger partial charge < -0.3 is 15.6 Å². The second kappa shape index (κ2) is 9.27. The zero-order valence-electron chi connectivity index (χ0n) is 17.2. The summed E-state index contributed by atoms with van der Waals surface area (Å²) in [5.74, 6) is 0.292. The van der Waals surface area contributed by atoms with Crippen LogP contribution in [0, 0.1) is 0 Å². The number of amides is 1. The van der Waals surface area contributed by atoms with Gasteiger partial charge in [0.1, 0.15) is 0 Å². The highest BCUT2D eigenvalue weighted by molar-refractivity contribution is 5.84. The van der Waals surface area contributed by atoms with E-state index in [0.717, 1.165) is 18.4 Å². The van der Waals surface area contributed by atoms with E-state index >= 15 is 0 Å². The number of hydrogen-bond donors (Lipinski definition) is 3. The first-order valence-corrected chi connectivity index (χ1v) is 10.9. The summed E-state index contributed by atoms with van der Waals surface area (Å²) in [7, 11) is 0. The Bertz CT molecular complexity index is 927. The monoisotopic (exact) mass is 389 g/mol. The van der Waals surface area contributed by atoms with Crippen molar-refractivity contribution in [2.45, 2.75) is 57.0 Å². The van der Waals surface area contributed by atoms with Gasteiger partial charge in [0.05, 0.1) is 6.04 Å². The van der Waals surface area contributed by atoms with Gasteiger partial charge in [-0.3, -0.25) is 4.79 Å². The molecule has 29 heavy (non-hydrogen) atoms. The van der Waals surface area contributed by atoms with Crippen LogP contribution in [0.25, 0.3) is 10.9 Å². The molecule has 0 unspecified atom stereocenters. The summed E-state index contributed by atoms with van der Waals surface area (Å²) in [5.41, 5.74) is 3.66. The second-order valence-electron chi connectivity index (χ2n) is 8.23. The second-order valence-corrected chi connectivity index (χ2v) is 8.23. The molecule has 2 atom stereocenters. The average molecular weight is 390 g/mol. The van der Waals surface area contributed by atoms with Gasteiger partial charge in [-0.25, -0.2) is 0 Å². The summed E-state index contributed by atoms with van der Waals surface area (Å²) in [5, 5.41) is 7.97. The molecule has 1 saturated carbocycles. The quantitative estimate of drug-likeness (QED) is 0.547. The molecule has 0 radical (unpaired) electrons. The Labute approximate surface area is 173 Å². The van der Waals surface area contributed by atoms with E-state index in [4.69, 9.17) is 0 Å². The van der Waals surface area contributed by atoms with Crippen LogP contribution in [0.3, 0.4) is 0 Å². The lowest BCUT2D eigenvalue weighted by atomic mass is 9.90. The van der Waals surface area contributed by atoms with Crippen molar-refractivity contribution < 1.29 is 4.79 Å². The van der Waals surface area contributed by atoms with Gasteiger partial charge in [0.15, 0.2) is 0 Å². The fourth-order valence-corrected chi connectivity index (χ4v) is 4.44. The summed E-state index contributed by atoms with van der Waals surface area (Å²) in [6.07, 6.45) is 8.08. The highest BCUT2D eigenvalue weighted by Crippen LogP contribution is 2.30. The smallest absolute Gasteiger partial charge is 0.237 e. The van der Waals surface area contributed by atoms with Crippen LogP contribution in [0.2, 0.25) is 0 Å². The van der Waals surface area contributed by atoms with Crippen LogP contribution >= 0.6 is 0 Å². The first-order chi connectivity index (χ1) is 14.2. The molecule has 1 aliphatic rings. The number of aromatic nitrogens is 1. The molecule has 0 saturated heterocycles. The molecule has 3 N–H and O–H groups in total. The number of aromatic amines is 1. The van der Waals surface area contributed by atoms with Crippen molar-refractivity contribution in [2.24, 2.45) is 0 Å². The number of hydrogen-bond acceptors (Lipinski definition) is 2. The standard InChI is InChI=1S/C25H31N3O/c1-18(25(29)28-20-12-6-3-7-13-20)26-16-22(19-10-4-2-5-11-19)23-17-27-24-15-9-8-14-21(23)24/h2,4-5,8-11,14-15,17-18,20,22,26-27H,3,6-7,12-13,16H2,1H3,(H,28,29)/t18-,22-/m0/s1. The van der Waals surface area contributed by atoms with Gasteiger partial charge in [-0.2, -0.15) is 0 Å². The maximum Gasteiger partial charge on any atom is 0.237 e. The third kappa shape index (κ3) is 4.70. The molecular weight excluding hydrogens is 358 g/mol. The lowest BCUT2D eigenvalue weighted by Crippen LogP contribution is -2.47. The molecule has 0 spiro atoms. The predicted molar refractivity (Wildman–Crippen MR) is 119 cm³/mol. The molecule has 4 heteroatoms. The zero-order valence-corrected chi connectivity index (χ0v) is 17.2. The number of benzene rings is 2. The van der Waals surface area contributed by atoms with Gasteiger partial charge in [-0.1, -0.05) is 67.8 Å². The Balaban J connectivity index is 1.48. The van der Waals surface area contributed by atoms with Crippen molar-refractivity contribution in [3.8, 4) is 0 Å². The summed E-state index contributed by atoms with van der Waals surface area (Å²) in [4.78, 5) is 16.1. The van der Waals surface area contributed by atoms with Crippen LogP contribution in [-0.4, -0.2) is 29.5 Å². The lowest BCUT2D eigenvalue weighted by molar-refractivity contribution is -0.123. The molecule has 4 rings (SSSR count). The first kappa shape index (κ1) is 19.7. The molecular formula is C25H31N3O. The fourth-order valence-electron chi connectivity index (χ4n) is 4.44. The van der Waals surface area contributed by atoms with Crippen molar-refractivity contribution in [3.63, 3.8) is 0 Å². The third-order valence-electron chi connectivity index (χ3n) is 6.17. The Morgan fingerprint density at radius 1 is 1.03 bits per heavy atom. The molecule has 1 fully saturated rings.